The first kappa shape index (κ1) is 24.2. The number of hydrogen-bond acceptors (Lipinski definition) is 3. The van der Waals surface area contributed by atoms with Crippen molar-refractivity contribution in [1.82, 2.24) is 5.32 Å². The van der Waals surface area contributed by atoms with Crippen LogP contribution in [-0.2, 0) is 4.79 Å². The Kier molecular flexibility index (Phi) is 7.93. The molecule has 0 aromatic heterocycles. The first-order valence-electron chi connectivity index (χ1n) is 12.2. The van der Waals surface area contributed by atoms with Gasteiger partial charge in [0.2, 0.25) is 5.91 Å². The van der Waals surface area contributed by atoms with Gasteiger partial charge in [0.15, 0.2) is 0 Å². The van der Waals surface area contributed by atoms with Gasteiger partial charge in [-0.2, -0.15) is 0 Å². The van der Waals surface area contributed by atoms with E-state index in [-0.39, 0.29) is 29.7 Å². The summed E-state index contributed by atoms with van der Waals surface area (Å²) in [6.45, 7) is 1.89. The molecular weight excluding hydrogens is 438 g/mol. The Hall–Kier alpha value is -3.93. The van der Waals surface area contributed by atoms with Crippen LogP contribution in [0, 0.1) is 5.92 Å². The van der Waals surface area contributed by atoms with E-state index in [4.69, 9.17) is 0 Å². The van der Waals surface area contributed by atoms with Crippen molar-refractivity contribution in [2.75, 3.05) is 10.6 Å². The molecule has 0 bridgehead atoms. The van der Waals surface area contributed by atoms with Gasteiger partial charge in [-0.15, -0.1) is 0 Å². The average Bonchev–Trinajstić information content (AvgIpc) is 2.90. The van der Waals surface area contributed by atoms with Gasteiger partial charge in [0.1, 0.15) is 0 Å². The molecule has 3 amide bonds. The van der Waals surface area contributed by atoms with Crippen LogP contribution in [0.25, 0.3) is 0 Å². The highest BCUT2D eigenvalue weighted by Gasteiger charge is 2.21. The van der Waals surface area contributed by atoms with Gasteiger partial charge >= 0.3 is 0 Å². The summed E-state index contributed by atoms with van der Waals surface area (Å²) >= 11 is 0. The zero-order chi connectivity index (χ0) is 24.6. The molecule has 0 saturated heterocycles. The number of anilines is 2. The molecule has 0 heterocycles. The number of hydrogen-bond donors (Lipinski definition) is 3. The van der Waals surface area contributed by atoms with Crippen molar-refractivity contribution in [1.29, 1.82) is 0 Å². The van der Waals surface area contributed by atoms with Crippen LogP contribution in [0.4, 0.5) is 11.4 Å². The zero-order valence-corrected chi connectivity index (χ0v) is 19.9. The molecule has 0 aliphatic heterocycles. The molecule has 1 atom stereocenters. The number of benzene rings is 3. The second kappa shape index (κ2) is 11.5. The minimum atomic E-state index is -0.281. The topological polar surface area (TPSA) is 87.3 Å². The first-order valence-corrected chi connectivity index (χ1v) is 12.2. The molecule has 35 heavy (non-hydrogen) atoms. The molecule has 180 valence electrons. The molecule has 1 aliphatic rings. The van der Waals surface area contributed by atoms with E-state index in [9.17, 15) is 14.4 Å². The summed E-state index contributed by atoms with van der Waals surface area (Å²) in [5.41, 5.74) is 3.21. The molecule has 1 aliphatic carbocycles. The summed E-state index contributed by atoms with van der Waals surface area (Å²) in [5.74, 6) is -0.336. The molecule has 0 radical (unpaired) electrons. The fourth-order valence-corrected chi connectivity index (χ4v) is 4.39. The fourth-order valence-electron chi connectivity index (χ4n) is 4.39. The molecule has 1 fully saturated rings. The molecule has 6 nitrogen and oxygen atoms in total. The SMILES string of the molecule is CC(NC(=O)c1cccc(NC(=O)C2CCCCC2)c1)c1cccc(NC(=O)c2ccccc2)c1. The summed E-state index contributed by atoms with van der Waals surface area (Å²) in [6, 6.07) is 23.2. The zero-order valence-electron chi connectivity index (χ0n) is 19.9. The largest absolute Gasteiger partial charge is 0.346 e. The van der Waals surface area contributed by atoms with Gasteiger partial charge in [-0.3, -0.25) is 14.4 Å². The van der Waals surface area contributed by atoms with Crippen LogP contribution in [0.3, 0.4) is 0 Å². The third-order valence-electron chi connectivity index (χ3n) is 6.40. The second-order valence-electron chi connectivity index (χ2n) is 9.05. The maximum atomic E-state index is 12.9. The summed E-state index contributed by atoms with van der Waals surface area (Å²) in [5, 5.41) is 8.88. The molecular formula is C29H31N3O3. The number of rotatable bonds is 7. The van der Waals surface area contributed by atoms with Gasteiger partial charge in [0.05, 0.1) is 6.04 Å². The maximum absolute atomic E-state index is 12.9. The Bertz CT molecular complexity index is 1190. The van der Waals surface area contributed by atoms with E-state index < -0.39 is 0 Å². The van der Waals surface area contributed by atoms with E-state index in [2.05, 4.69) is 16.0 Å². The molecule has 6 heteroatoms. The molecule has 3 aromatic rings. The van der Waals surface area contributed by atoms with Crippen LogP contribution < -0.4 is 16.0 Å². The van der Waals surface area contributed by atoms with Crippen molar-refractivity contribution in [2.24, 2.45) is 5.92 Å². The van der Waals surface area contributed by atoms with Crippen molar-refractivity contribution >= 4 is 29.1 Å². The van der Waals surface area contributed by atoms with Crippen molar-refractivity contribution in [3.05, 3.63) is 95.6 Å². The highest BCUT2D eigenvalue weighted by molar-refractivity contribution is 6.04. The Balaban J connectivity index is 1.37. The monoisotopic (exact) mass is 469 g/mol. The van der Waals surface area contributed by atoms with Gasteiger partial charge in [0, 0.05) is 28.4 Å². The second-order valence-corrected chi connectivity index (χ2v) is 9.05. The molecule has 3 N–H and O–H groups in total. The van der Waals surface area contributed by atoms with Gasteiger partial charge in [0.25, 0.3) is 11.8 Å². The number of carbonyl (C=O) groups excluding carboxylic acids is 3. The van der Waals surface area contributed by atoms with Crippen molar-refractivity contribution in [2.45, 2.75) is 45.1 Å². The lowest BCUT2D eigenvalue weighted by Gasteiger charge is -2.21. The highest BCUT2D eigenvalue weighted by Crippen LogP contribution is 2.25. The Morgan fingerprint density at radius 2 is 1.37 bits per heavy atom. The highest BCUT2D eigenvalue weighted by atomic mass is 16.2. The van der Waals surface area contributed by atoms with E-state index in [0.717, 1.165) is 31.2 Å². The van der Waals surface area contributed by atoms with Crippen LogP contribution in [0.2, 0.25) is 0 Å². The van der Waals surface area contributed by atoms with E-state index in [1.165, 1.54) is 6.42 Å². The fraction of sp³-hybridized carbons (Fsp3) is 0.276. The smallest absolute Gasteiger partial charge is 0.255 e. The van der Waals surface area contributed by atoms with Crippen LogP contribution in [-0.4, -0.2) is 17.7 Å². The molecule has 1 unspecified atom stereocenters. The number of amides is 3. The molecule has 4 rings (SSSR count). The summed E-state index contributed by atoms with van der Waals surface area (Å²) in [4.78, 5) is 37.9. The lowest BCUT2D eigenvalue weighted by Crippen LogP contribution is -2.27. The molecule has 0 spiro atoms. The summed E-state index contributed by atoms with van der Waals surface area (Å²) in [6.07, 6.45) is 5.23. The van der Waals surface area contributed by atoms with Crippen molar-refractivity contribution in [3.8, 4) is 0 Å². The Labute approximate surface area is 206 Å². The lowest BCUT2D eigenvalue weighted by molar-refractivity contribution is -0.120. The van der Waals surface area contributed by atoms with Gasteiger partial charge in [-0.25, -0.2) is 0 Å². The average molecular weight is 470 g/mol. The van der Waals surface area contributed by atoms with Crippen LogP contribution in [0.15, 0.2) is 78.9 Å². The van der Waals surface area contributed by atoms with Gasteiger partial charge in [-0.05, 0) is 67.8 Å². The van der Waals surface area contributed by atoms with E-state index in [1.54, 1.807) is 36.4 Å². The van der Waals surface area contributed by atoms with Gasteiger partial charge in [-0.1, -0.05) is 55.7 Å². The molecule has 1 saturated carbocycles. The Morgan fingerprint density at radius 1 is 0.714 bits per heavy atom. The molecule has 3 aromatic carbocycles. The standard InChI is InChI=1S/C29H31N3O3/c1-20(23-14-8-16-25(18-23)31-27(33)21-10-4-2-5-11-21)30-29(35)24-15-9-17-26(19-24)32-28(34)22-12-6-3-7-13-22/h2,4-5,8-11,14-20,22H,3,6-7,12-13H2,1H3,(H,30,35)(H,31,33)(H,32,34). The van der Waals surface area contributed by atoms with Crippen molar-refractivity contribution < 1.29 is 14.4 Å². The Morgan fingerprint density at radius 3 is 2.11 bits per heavy atom. The predicted molar refractivity (Wildman–Crippen MR) is 138 cm³/mol. The minimum absolute atomic E-state index is 0.0324. The normalized spacial score (nSPS) is 14.5. The minimum Gasteiger partial charge on any atom is -0.346 e. The predicted octanol–water partition coefficient (Wildman–Crippen LogP) is 5.95. The maximum Gasteiger partial charge on any atom is 0.255 e. The van der Waals surface area contributed by atoms with E-state index >= 15 is 0 Å². The number of carbonyl (C=O) groups is 3. The quantitative estimate of drug-likeness (QED) is 0.400. The third-order valence-corrected chi connectivity index (χ3v) is 6.40. The summed E-state index contributed by atoms with van der Waals surface area (Å²) in [7, 11) is 0. The number of nitrogens with one attached hydrogen (secondary N) is 3. The van der Waals surface area contributed by atoms with Crippen LogP contribution in [0.5, 0.6) is 0 Å². The summed E-state index contributed by atoms with van der Waals surface area (Å²) < 4.78 is 0. The van der Waals surface area contributed by atoms with Crippen LogP contribution in [0.1, 0.15) is 71.3 Å². The van der Waals surface area contributed by atoms with Gasteiger partial charge < -0.3 is 16.0 Å². The first-order chi connectivity index (χ1) is 17.0. The van der Waals surface area contributed by atoms with Crippen LogP contribution >= 0.6 is 0 Å². The lowest BCUT2D eigenvalue weighted by atomic mass is 9.88. The van der Waals surface area contributed by atoms with Crippen molar-refractivity contribution in [3.63, 3.8) is 0 Å². The van der Waals surface area contributed by atoms with E-state index in [0.29, 0.717) is 22.5 Å². The van der Waals surface area contributed by atoms with E-state index in [1.807, 2.05) is 49.4 Å². The third kappa shape index (κ3) is 6.57.